The lowest BCUT2D eigenvalue weighted by atomic mass is 9.51. The summed E-state index contributed by atoms with van der Waals surface area (Å²) >= 11 is 0. The molecule has 0 heterocycles. The molecule has 0 aliphatic heterocycles. The highest BCUT2D eigenvalue weighted by molar-refractivity contribution is 5.23. The summed E-state index contributed by atoms with van der Waals surface area (Å²) in [6.45, 7) is 8.46. The predicted octanol–water partition coefficient (Wildman–Crippen LogP) is 5.45. The van der Waals surface area contributed by atoms with Gasteiger partial charge in [0.25, 0.3) is 0 Å². The van der Waals surface area contributed by atoms with Crippen LogP contribution < -0.4 is 0 Å². The first-order valence-electron chi connectivity index (χ1n) is 10.0. The minimum Gasteiger partial charge on any atom is -0.387 e. The second kappa shape index (κ2) is 5.69. The molecule has 0 aromatic rings. The summed E-state index contributed by atoms with van der Waals surface area (Å²) in [6, 6.07) is 0. The van der Waals surface area contributed by atoms with Gasteiger partial charge in [-0.2, -0.15) is 0 Å². The first-order chi connectivity index (χ1) is 11.4. The van der Waals surface area contributed by atoms with Crippen molar-refractivity contribution in [1.82, 2.24) is 0 Å². The Morgan fingerprint density at radius 3 is 2.75 bits per heavy atom. The lowest BCUT2D eigenvalue weighted by Crippen LogP contribution is -2.48. The zero-order valence-electron chi connectivity index (χ0n) is 15.4. The zero-order valence-corrected chi connectivity index (χ0v) is 15.4. The van der Waals surface area contributed by atoms with E-state index in [1.807, 2.05) is 0 Å². The van der Waals surface area contributed by atoms with Crippen molar-refractivity contribution in [2.45, 2.75) is 70.8 Å². The van der Waals surface area contributed by atoms with Gasteiger partial charge in [-0.3, -0.25) is 0 Å². The predicted molar refractivity (Wildman–Crippen MR) is 96.3 cm³/mol. The molecule has 0 bridgehead atoms. The molecule has 3 fully saturated rings. The van der Waals surface area contributed by atoms with Gasteiger partial charge in [0.15, 0.2) is 0 Å². The van der Waals surface area contributed by atoms with Crippen LogP contribution in [0.3, 0.4) is 0 Å². The Kier molecular flexibility index (Phi) is 3.99. The van der Waals surface area contributed by atoms with Crippen molar-refractivity contribution < 1.29 is 9.50 Å². The van der Waals surface area contributed by atoms with Gasteiger partial charge in [-0.05, 0) is 93.3 Å². The zero-order chi connectivity index (χ0) is 17.1. The second-order valence-electron chi connectivity index (χ2n) is 9.65. The Balaban J connectivity index is 1.59. The van der Waals surface area contributed by atoms with Crippen LogP contribution in [0.15, 0.2) is 23.8 Å². The lowest BCUT2D eigenvalue weighted by molar-refractivity contribution is -0.0441. The molecule has 24 heavy (non-hydrogen) atoms. The van der Waals surface area contributed by atoms with E-state index in [2.05, 4.69) is 26.5 Å². The average molecular weight is 333 g/mol. The van der Waals surface area contributed by atoms with Gasteiger partial charge in [0.1, 0.15) is 6.67 Å². The molecule has 4 aliphatic rings. The lowest BCUT2D eigenvalue weighted by Gasteiger charge is -2.54. The molecular weight excluding hydrogens is 299 g/mol. The Morgan fingerprint density at radius 2 is 2.04 bits per heavy atom. The molecule has 0 saturated heterocycles. The highest BCUT2D eigenvalue weighted by atomic mass is 19.1. The second-order valence-corrected chi connectivity index (χ2v) is 9.65. The molecule has 134 valence electrons. The SMILES string of the molecule is C=C(C)[C@H]1CC[C@H]2[C@@H]3CC=C4C[C@@](O)(CF)CC[C@@H]4[C@H]3CC[C@]12C. The highest BCUT2D eigenvalue weighted by Crippen LogP contribution is 2.64. The van der Waals surface area contributed by atoms with Crippen molar-refractivity contribution in [3.8, 4) is 0 Å². The fraction of sp³-hybridized carbons (Fsp3) is 0.818. The van der Waals surface area contributed by atoms with E-state index in [9.17, 15) is 9.50 Å². The standard InChI is InChI=1S/C22H33FO/c1-14(2)19-6-7-20-18-5-4-15-12-22(24,13-23)11-9-16(15)17(18)8-10-21(19,20)3/h4,16-20,24H,1,5-13H2,2-3H3/t16-,17+,18+,19+,20-,21+,22+/m0/s1. The molecule has 0 unspecified atom stereocenters. The van der Waals surface area contributed by atoms with E-state index in [1.54, 1.807) is 0 Å². The van der Waals surface area contributed by atoms with Crippen molar-refractivity contribution in [2.24, 2.45) is 35.0 Å². The van der Waals surface area contributed by atoms with Crippen molar-refractivity contribution >= 4 is 0 Å². The van der Waals surface area contributed by atoms with Crippen LogP contribution in [-0.2, 0) is 0 Å². The van der Waals surface area contributed by atoms with Gasteiger partial charge in [0, 0.05) is 0 Å². The van der Waals surface area contributed by atoms with Gasteiger partial charge in [-0.25, -0.2) is 4.39 Å². The van der Waals surface area contributed by atoms with Crippen molar-refractivity contribution in [3.05, 3.63) is 23.8 Å². The number of halogens is 1. The summed E-state index contributed by atoms with van der Waals surface area (Å²) < 4.78 is 13.2. The minimum atomic E-state index is -1.07. The molecule has 4 rings (SSSR count). The fourth-order valence-electron chi connectivity index (χ4n) is 7.29. The van der Waals surface area contributed by atoms with Crippen LogP contribution in [-0.4, -0.2) is 17.4 Å². The van der Waals surface area contributed by atoms with E-state index in [0.29, 0.717) is 30.1 Å². The average Bonchev–Trinajstić information content (AvgIpc) is 2.91. The fourth-order valence-corrected chi connectivity index (χ4v) is 7.29. The summed E-state index contributed by atoms with van der Waals surface area (Å²) in [6.07, 6.45) is 11.1. The molecule has 0 radical (unpaired) electrons. The maximum Gasteiger partial charge on any atom is 0.118 e. The third-order valence-electron chi connectivity index (χ3n) is 8.44. The number of alkyl halides is 1. The van der Waals surface area contributed by atoms with Crippen molar-refractivity contribution in [1.29, 1.82) is 0 Å². The Labute approximate surface area is 146 Å². The molecule has 0 spiro atoms. The summed E-state index contributed by atoms with van der Waals surface area (Å²) in [4.78, 5) is 0. The minimum absolute atomic E-state index is 0.451. The summed E-state index contributed by atoms with van der Waals surface area (Å²) in [5.41, 5.74) is 2.14. The van der Waals surface area contributed by atoms with Gasteiger partial charge >= 0.3 is 0 Å². The number of hydrogen-bond donors (Lipinski definition) is 1. The molecule has 1 N–H and O–H groups in total. The molecule has 3 saturated carbocycles. The topological polar surface area (TPSA) is 20.2 Å². The molecule has 0 aromatic heterocycles. The van der Waals surface area contributed by atoms with Gasteiger partial charge < -0.3 is 5.11 Å². The van der Waals surface area contributed by atoms with Crippen LogP contribution in [0.4, 0.5) is 4.39 Å². The van der Waals surface area contributed by atoms with Gasteiger partial charge in [-0.15, -0.1) is 0 Å². The quantitative estimate of drug-likeness (QED) is 0.666. The smallest absolute Gasteiger partial charge is 0.118 e. The largest absolute Gasteiger partial charge is 0.387 e. The number of rotatable bonds is 2. The summed E-state index contributed by atoms with van der Waals surface area (Å²) in [5, 5.41) is 10.4. The van der Waals surface area contributed by atoms with Crippen LogP contribution in [0.1, 0.15) is 65.2 Å². The summed E-state index contributed by atoms with van der Waals surface area (Å²) in [7, 11) is 0. The molecule has 7 atom stereocenters. The van der Waals surface area contributed by atoms with Crippen molar-refractivity contribution in [3.63, 3.8) is 0 Å². The van der Waals surface area contributed by atoms with Crippen LogP contribution in [0.5, 0.6) is 0 Å². The molecule has 0 aromatic carbocycles. The third-order valence-corrected chi connectivity index (χ3v) is 8.44. The summed E-state index contributed by atoms with van der Waals surface area (Å²) in [5.74, 6) is 3.73. The molecule has 0 amide bonds. The van der Waals surface area contributed by atoms with E-state index in [-0.39, 0.29) is 0 Å². The Bertz CT molecular complexity index is 566. The third kappa shape index (κ3) is 2.35. The Morgan fingerprint density at radius 1 is 1.25 bits per heavy atom. The van der Waals surface area contributed by atoms with Crippen LogP contribution in [0.2, 0.25) is 0 Å². The molecular formula is C22H33FO. The Hall–Kier alpha value is -0.630. The monoisotopic (exact) mass is 332 g/mol. The van der Waals surface area contributed by atoms with Crippen LogP contribution in [0.25, 0.3) is 0 Å². The number of allylic oxidation sites excluding steroid dienone is 2. The number of fused-ring (bicyclic) bond motifs is 5. The van der Waals surface area contributed by atoms with E-state index in [4.69, 9.17) is 0 Å². The highest BCUT2D eigenvalue weighted by Gasteiger charge is 2.56. The van der Waals surface area contributed by atoms with E-state index in [0.717, 1.165) is 30.6 Å². The van der Waals surface area contributed by atoms with E-state index in [1.165, 1.54) is 36.8 Å². The molecule has 2 heteroatoms. The first-order valence-corrected chi connectivity index (χ1v) is 10.0. The maximum atomic E-state index is 13.2. The van der Waals surface area contributed by atoms with E-state index < -0.39 is 12.3 Å². The van der Waals surface area contributed by atoms with Gasteiger partial charge in [-0.1, -0.05) is 30.7 Å². The van der Waals surface area contributed by atoms with E-state index >= 15 is 0 Å². The normalized spacial score (nSPS) is 50.5. The van der Waals surface area contributed by atoms with Crippen LogP contribution in [0, 0.1) is 35.0 Å². The maximum absolute atomic E-state index is 13.2. The van der Waals surface area contributed by atoms with Crippen LogP contribution >= 0.6 is 0 Å². The van der Waals surface area contributed by atoms with Gasteiger partial charge in [0.2, 0.25) is 0 Å². The molecule has 4 aliphatic carbocycles. The first kappa shape index (κ1) is 16.8. The van der Waals surface area contributed by atoms with Gasteiger partial charge in [0.05, 0.1) is 5.60 Å². The van der Waals surface area contributed by atoms with Crippen molar-refractivity contribution in [2.75, 3.05) is 6.67 Å². The number of hydrogen-bond acceptors (Lipinski definition) is 1. The molecule has 1 nitrogen and oxygen atoms in total. The number of aliphatic hydroxyl groups is 1.